The molecule has 12 heavy (non-hydrogen) atoms. The normalized spacial score (nSPS) is 15.2. The van der Waals surface area contributed by atoms with Crippen molar-refractivity contribution in [1.29, 1.82) is 0 Å². The summed E-state index contributed by atoms with van der Waals surface area (Å²) >= 11 is 0. The second kappa shape index (κ2) is 4.06. The van der Waals surface area contributed by atoms with Crippen molar-refractivity contribution in [2.45, 2.75) is 31.7 Å². The van der Waals surface area contributed by atoms with Gasteiger partial charge in [-0.25, -0.2) is 0 Å². The zero-order valence-corrected chi connectivity index (χ0v) is 7.17. The molecular weight excluding hydrogens is 158 g/mol. The number of amides is 2. The second-order valence-electron chi connectivity index (χ2n) is 2.84. The van der Waals surface area contributed by atoms with Crippen molar-refractivity contribution in [3.8, 4) is 0 Å². The van der Waals surface area contributed by atoms with E-state index in [1.807, 2.05) is 0 Å². The average molecular weight is 173 g/mol. The fraction of sp³-hybridized carbons (Fsp3) is 0.714. The van der Waals surface area contributed by atoms with E-state index in [0.717, 1.165) is 0 Å². The molecule has 0 aliphatic carbocycles. The minimum atomic E-state index is -1.09. The SMILES string of the molecule is CCC(N)(CCC(N)=O)C(N)=O. The van der Waals surface area contributed by atoms with Gasteiger partial charge in [-0.15, -0.1) is 0 Å². The summed E-state index contributed by atoms with van der Waals surface area (Å²) < 4.78 is 0. The highest BCUT2D eigenvalue weighted by molar-refractivity contribution is 5.85. The van der Waals surface area contributed by atoms with Crippen molar-refractivity contribution in [3.05, 3.63) is 0 Å². The van der Waals surface area contributed by atoms with Crippen molar-refractivity contribution in [3.63, 3.8) is 0 Å². The predicted molar refractivity (Wildman–Crippen MR) is 44.8 cm³/mol. The van der Waals surface area contributed by atoms with Gasteiger partial charge in [0, 0.05) is 6.42 Å². The summed E-state index contributed by atoms with van der Waals surface area (Å²) in [6.07, 6.45) is 0.719. The Bertz CT molecular complexity index is 193. The molecule has 5 nitrogen and oxygen atoms in total. The fourth-order valence-corrected chi connectivity index (χ4v) is 0.820. The van der Waals surface area contributed by atoms with Crippen molar-refractivity contribution in [1.82, 2.24) is 0 Å². The van der Waals surface area contributed by atoms with Gasteiger partial charge in [-0.2, -0.15) is 0 Å². The van der Waals surface area contributed by atoms with Crippen LogP contribution in [0.3, 0.4) is 0 Å². The third kappa shape index (κ3) is 2.87. The molecule has 0 aliphatic heterocycles. The molecule has 0 aromatic heterocycles. The molecule has 0 saturated heterocycles. The summed E-state index contributed by atoms with van der Waals surface area (Å²) in [5, 5.41) is 0. The maximum absolute atomic E-state index is 10.8. The highest BCUT2D eigenvalue weighted by Crippen LogP contribution is 2.12. The Balaban J connectivity index is 4.15. The van der Waals surface area contributed by atoms with Crippen molar-refractivity contribution < 1.29 is 9.59 Å². The monoisotopic (exact) mass is 173 g/mol. The Morgan fingerprint density at radius 3 is 2.08 bits per heavy atom. The topological polar surface area (TPSA) is 112 Å². The molecule has 6 N–H and O–H groups in total. The van der Waals surface area contributed by atoms with Crippen LogP contribution in [0.4, 0.5) is 0 Å². The van der Waals surface area contributed by atoms with E-state index in [1.165, 1.54) is 0 Å². The molecule has 0 aromatic carbocycles. The number of carbonyl (C=O) groups excluding carboxylic acids is 2. The summed E-state index contributed by atoms with van der Waals surface area (Å²) in [4.78, 5) is 21.2. The summed E-state index contributed by atoms with van der Waals surface area (Å²) in [7, 11) is 0. The van der Waals surface area contributed by atoms with Crippen LogP contribution in [0, 0.1) is 0 Å². The van der Waals surface area contributed by atoms with Crippen LogP contribution in [-0.4, -0.2) is 17.4 Å². The van der Waals surface area contributed by atoms with E-state index in [-0.39, 0.29) is 12.8 Å². The quantitative estimate of drug-likeness (QED) is 0.487. The van der Waals surface area contributed by atoms with Gasteiger partial charge >= 0.3 is 0 Å². The first-order chi connectivity index (χ1) is 5.42. The van der Waals surface area contributed by atoms with E-state index in [4.69, 9.17) is 17.2 Å². The van der Waals surface area contributed by atoms with E-state index in [1.54, 1.807) is 6.92 Å². The summed E-state index contributed by atoms with van der Waals surface area (Å²) in [6, 6.07) is 0. The number of primary amides is 2. The van der Waals surface area contributed by atoms with Crippen LogP contribution in [0.2, 0.25) is 0 Å². The van der Waals surface area contributed by atoms with Crippen LogP contribution in [0.25, 0.3) is 0 Å². The zero-order chi connectivity index (χ0) is 9.78. The molecule has 0 spiro atoms. The Kier molecular flexibility index (Phi) is 3.69. The largest absolute Gasteiger partial charge is 0.370 e. The number of hydrogen-bond acceptors (Lipinski definition) is 3. The Morgan fingerprint density at radius 2 is 1.83 bits per heavy atom. The van der Waals surface area contributed by atoms with Crippen LogP contribution in [-0.2, 0) is 9.59 Å². The van der Waals surface area contributed by atoms with Crippen LogP contribution in [0.1, 0.15) is 26.2 Å². The number of carbonyl (C=O) groups is 2. The minimum Gasteiger partial charge on any atom is -0.370 e. The first-order valence-corrected chi connectivity index (χ1v) is 3.79. The van der Waals surface area contributed by atoms with Crippen LogP contribution < -0.4 is 17.2 Å². The highest BCUT2D eigenvalue weighted by Gasteiger charge is 2.29. The van der Waals surface area contributed by atoms with E-state index in [0.29, 0.717) is 6.42 Å². The minimum absolute atomic E-state index is 0.0906. The van der Waals surface area contributed by atoms with Crippen molar-refractivity contribution >= 4 is 11.8 Å². The van der Waals surface area contributed by atoms with Gasteiger partial charge in [0.05, 0.1) is 5.54 Å². The highest BCUT2D eigenvalue weighted by atomic mass is 16.2. The fourth-order valence-electron chi connectivity index (χ4n) is 0.820. The molecule has 70 valence electrons. The van der Waals surface area contributed by atoms with E-state index in [2.05, 4.69) is 0 Å². The van der Waals surface area contributed by atoms with E-state index in [9.17, 15) is 9.59 Å². The van der Waals surface area contributed by atoms with Crippen LogP contribution in [0.15, 0.2) is 0 Å². The van der Waals surface area contributed by atoms with Gasteiger partial charge in [0.25, 0.3) is 0 Å². The molecule has 0 aromatic rings. The van der Waals surface area contributed by atoms with E-state index < -0.39 is 17.4 Å². The van der Waals surface area contributed by atoms with Gasteiger partial charge in [-0.05, 0) is 12.8 Å². The molecule has 1 atom stereocenters. The summed E-state index contributed by atoms with van der Waals surface area (Å²) in [6.45, 7) is 1.74. The third-order valence-corrected chi connectivity index (χ3v) is 1.94. The second-order valence-corrected chi connectivity index (χ2v) is 2.84. The lowest BCUT2D eigenvalue weighted by Gasteiger charge is -2.23. The molecule has 2 amide bonds. The molecule has 0 aliphatic rings. The summed E-state index contributed by atoms with van der Waals surface area (Å²) in [5.41, 5.74) is 14.5. The molecule has 0 radical (unpaired) electrons. The van der Waals surface area contributed by atoms with Crippen molar-refractivity contribution in [2.75, 3.05) is 0 Å². The van der Waals surface area contributed by atoms with Crippen LogP contribution in [0.5, 0.6) is 0 Å². The number of hydrogen-bond donors (Lipinski definition) is 3. The molecular formula is C7H15N3O2. The molecule has 0 fully saturated rings. The van der Waals surface area contributed by atoms with Crippen LogP contribution >= 0.6 is 0 Å². The van der Waals surface area contributed by atoms with Gasteiger partial charge < -0.3 is 17.2 Å². The standard InChI is InChI=1S/C7H15N3O2/c1-2-7(10,6(9)12)4-3-5(8)11/h2-4,10H2,1H3,(H2,8,11)(H2,9,12). The maximum atomic E-state index is 10.8. The van der Waals surface area contributed by atoms with Crippen molar-refractivity contribution in [2.24, 2.45) is 17.2 Å². The molecule has 0 bridgehead atoms. The van der Waals surface area contributed by atoms with Gasteiger partial charge in [-0.3, -0.25) is 9.59 Å². The summed E-state index contributed by atoms with van der Waals surface area (Å²) in [5.74, 6) is -1.06. The molecule has 0 heterocycles. The Morgan fingerprint density at radius 1 is 1.33 bits per heavy atom. The Labute approximate surface area is 71.3 Å². The molecule has 5 heteroatoms. The first kappa shape index (κ1) is 10.9. The number of rotatable bonds is 5. The third-order valence-electron chi connectivity index (χ3n) is 1.94. The maximum Gasteiger partial charge on any atom is 0.237 e. The number of nitrogens with two attached hydrogens (primary N) is 3. The van der Waals surface area contributed by atoms with Gasteiger partial charge in [0.2, 0.25) is 11.8 Å². The van der Waals surface area contributed by atoms with Gasteiger partial charge in [0.1, 0.15) is 0 Å². The molecule has 0 saturated carbocycles. The zero-order valence-electron chi connectivity index (χ0n) is 7.17. The average Bonchev–Trinajstić information content (AvgIpc) is 1.99. The molecule has 1 unspecified atom stereocenters. The first-order valence-electron chi connectivity index (χ1n) is 3.79. The van der Waals surface area contributed by atoms with Gasteiger partial charge in [-0.1, -0.05) is 6.92 Å². The smallest absolute Gasteiger partial charge is 0.237 e. The Hall–Kier alpha value is -1.10. The molecule has 0 rings (SSSR count). The van der Waals surface area contributed by atoms with E-state index >= 15 is 0 Å². The lowest BCUT2D eigenvalue weighted by atomic mass is 9.91. The lowest BCUT2D eigenvalue weighted by molar-refractivity contribution is -0.124. The van der Waals surface area contributed by atoms with Gasteiger partial charge in [0.15, 0.2) is 0 Å². The lowest BCUT2D eigenvalue weighted by Crippen LogP contribution is -2.51. The predicted octanol–water partition coefficient (Wildman–Crippen LogP) is -1.16.